The molecule has 0 radical (unpaired) electrons. The second-order valence-corrected chi connectivity index (χ2v) is 6.24. The third kappa shape index (κ3) is 2.51. The first-order valence-corrected chi connectivity index (χ1v) is 7.48. The van der Waals surface area contributed by atoms with Crippen LogP contribution >= 0.6 is 15.9 Å². The minimum Gasteiger partial charge on any atom is -0.493 e. The first-order chi connectivity index (χ1) is 9.40. The normalized spacial score (nSPS) is 16.6. The van der Waals surface area contributed by atoms with E-state index in [1.54, 1.807) is 19.2 Å². The minimum atomic E-state index is -0.791. The van der Waals surface area contributed by atoms with Crippen molar-refractivity contribution in [3.8, 4) is 11.5 Å². The largest absolute Gasteiger partial charge is 0.493 e. The molecule has 1 saturated carbocycles. The Morgan fingerprint density at radius 1 is 1.35 bits per heavy atom. The topological polar surface area (TPSA) is 55.8 Å². The van der Waals surface area contributed by atoms with E-state index in [2.05, 4.69) is 15.9 Å². The molecule has 1 fully saturated rings. The predicted molar refractivity (Wildman–Crippen MR) is 79.6 cm³/mol. The van der Waals surface area contributed by atoms with E-state index in [4.69, 9.17) is 9.47 Å². The Morgan fingerprint density at radius 2 is 2.00 bits per heavy atom. The summed E-state index contributed by atoms with van der Waals surface area (Å²) in [5, 5.41) is 9.57. The first kappa shape index (κ1) is 15.2. The lowest BCUT2D eigenvalue weighted by Crippen LogP contribution is -2.42. The number of aliphatic carboxylic acids is 1. The lowest BCUT2D eigenvalue weighted by molar-refractivity contribution is -0.147. The highest BCUT2D eigenvalue weighted by Crippen LogP contribution is 2.49. The van der Waals surface area contributed by atoms with E-state index < -0.39 is 11.4 Å². The third-order valence-electron chi connectivity index (χ3n) is 3.75. The van der Waals surface area contributed by atoms with Crippen LogP contribution in [0.3, 0.4) is 0 Å². The van der Waals surface area contributed by atoms with Crippen LogP contribution in [-0.4, -0.2) is 24.3 Å². The maximum absolute atomic E-state index is 11.7. The summed E-state index contributed by atoms with van der Waals surface area (Å²) in [6.07, 6.45) is 2.26. The zero-order valence-electron chi connectivity index (χ0n) is 11.9. The highest BCUT2D eigenvalue weighted by Gasteiger charge is 2.47. The van der Waals surface area contributed by atoms with Gasteiger partial charge in [0.05, 0.1) is 18.6 Å². The van der Waals surface area contributed by atoms with Gasteiger partial charge in [0.1, 0.15) is 0 Å². The van der Waals surface area contributed by atoms with Crippen LogP contribution < -0.4 is 9.47 Å². The molecule has 0 unspecified atom stereocenters. The smallest absolute Gasteiger partial charge is 0.314 e. The van der Waals surface area contributed by atoms with Gasteiger partial charge in [-0.3, -0.25) is 4.79 Å². The van der Waals surface area contributed by atoms with E-state index in [1.165, 1.54) is 0 Å². The number of carboxylic acid groups (broad SMARTS) is 1. The number of carboxylic acids is 1. The van der Waals surface area contributed by atoms with Gasteiger partial charge in [-0.1, -0.05) is 22.4 Å². The van der Waals surface area contributed by atoms with E-state index in [1.807, 2.05) is 13.8 Å². The molecule has 2 rings (SSSR count). The number of hydrogen-bond donors (Lipinski definition) is 1. The molecule has 1 N–H and O–H groups in total. The fourth-order valence-electron chi connectivity index (χ4n) is 2.54. The van der Waals surface area contributed by atoms with Crippen molar-refractivity contribution < 1.29 is 19.4 Å². The summed E-state index contributed by atoms with van der Waals surface area (Å²) in [7, 11) is 1.57. The summed E-state index contributed by atoms with van der Waals surface area (Å²) in [6.45, 7) is 3.86. The van der Waals surface area contributed by atoms with Crippen LogP contribution in [0.4, 0.5) is 0 Å². The van der Waals surface area contributed by atoms with Crippen molar-refractivity contribution in [1.29, 1.82) is 0 Å². The van der Waals surface area contributed by atoms with Crippen molar-refractivity contribution >= 4 is 21.9 Å². The zero-order chi connectivity index (χ0) is 14.9. The number of halogens is 1. The molecule has 0 atom stereocenters. The molecule has 1 aliphatic carbocycles. The van der Waals surface area contributed by atoms with Gasteiger partial charge in [-0.25, -0.2) is 0 Å². The molecule has 110 valence electrons. The molecular weight excluding hydrogens is 324 g/mol. The van der Waals surface area contributed by atoms with Gasteiger partial charge in [-0.2, -0.15) is 0 Å². The second-order valence-electron chi connectivity index (χ2n) is 5.39. The molecule has 0 bridgehead atoms. The molecule has 20 heavy (non-hydrogen) atoms. The molecule has 1 aromatic carbocycles. The molecule has 0 amide bonds. The lowest BCUT2D eigenvalue weighted by atomic mass is 9.64. The molecule has 0 heterocycles. The quantitative estimate of drug-likeness (QED) is 0.885. The van der Waals surface area contributed by atoms with Gasteiger partial charge in [0.15, 0.2) is 11.5 Å². The molecule has 0 aliphatic heterocycles. The average molecular weight is 343 g/mol. The van der Waals surface area contributed by atoms with E-state index in [0.717, 1.165) is 16.5 Å². The fraction of sp³-hybridized carbons (Fsp3) is 0.533. The summed E-state index contributed by atoms with van der Waals surface area (Å²) in [5.74, 6) is 0.424. The van der Waals surface area contributed by atoms with Gasteiger partial charge >= 0.3 is 5.97 Å². The number of carbonyl (C=O) groups is 1. The van der Waals surface area contributed by atoms with Crippen LogP contribution in [0.1, 0.15) is 38.7 Å². The molecular formula is C15H19BrO4. The highest BCUT2D eigenvalue weighted by atomic mass is 79.9. The summed E-state index contributed by atoms with van der Waals surface area (Å²) >= 11 is 3.47. The Bertz CT molecular complexity index is 521. The lowest BCUT2D eigenvalue weighted by Gasteiger charge is -2.39. The first-order valence-electron chi connectivity index (χ1n) is 6.69. The number of ether oxygens (including phenoxy) is 2. The molecule has 0 spiro atoms. The van der Waals surface area contributed by atoms with E-state index in [0.29, 0.717) is 24.3 Å². The standard InChI is InChI=1S/C15H19BrO4/c1-9(2)20-13-7-10(11(16)8-12(13)19-3)15(14(17)18)5-4-6-15/h7-9H,4-6H2,1-3H3,(H,17,18). The van der Waals surface area contributed by atoms with Gasteiger partial charge in [0.25, 0.3) is 0 Å². The van der Waals surface area contributed by atoms with Gasteiger partial charge in [-0.15, -0.1) is 0 Å². The van der Waals surface area contributed by atoms with Crippen molar-refractivity contribution in [2.24, 2.45) is 0 Å². The van der Waals surface area contributed by atoms with Crippen molar-refractivity contribution in [3.05, 3.63) is 22.2 Å². The summed E-state index contributed by atoms with van der Waals surface area (Å²) in [5.41, 5.74) is -0.0205. The van der Waals surface area contributed by atoms with Crippen molar-refractivity contribution in [2.75, 3.05) is 7.11 Å². The van der Waals surface area contributed by atoms with Crippen LogP contribution in [0.2, 0.25) is 0 Å². The Kier molecular flexibility index (Phi) is 4.28. The van der Waals surface area contributed by atoms with Crippen LogP contribution in [0.5, 0.6) is 11.5 Å². The van der Waals surface area contributed by atoms with Gasteiger partial charge in [0.2, 0.25) is 0 Å². The van der Waals surface area contributed by atoms with Crippen LogP contribution in [0.25, 0.3) is 0 Å². The van der Waals surface area contributed by atoms with Crippen LogP contribution in [-0.2, 0) is 10.2 Å². The Labute approximate surface area is 127 Å². The van der Waals surface area contributed by atoms with Crippen molar-refractivity contribution in [1.82, 2.24) is 0 Å². The van der Waals surface area contributed by atoms with E-state index in [9.17, 15) is 9.90 Å². The number of rotatable bonds is 5. The van der Waals surface area contributed by atoms with E-state index in [-0.39, 0.29) is 6.10 Å². The molecule has 4 nitrogen and oxygen atoms in total. The Hall–Kier alpha value is -1.23. The number of benzene rings is 1. The SMILES string of the molecule is COc1cc(Br)c(C2(C(=O)O)CCC2)cc1OC(C)C. The summed E-state index contributed by atoms with van der Waals surface area (Å²) in [4.78, 5) is 11.7. The van der Waals surface area contributed by atoms with E-state index >= 15 is 0 Å². The summed E-state index contributed by atoms with van der Waals surface area (Å²) < 4.78 is 11.8. The molecule has 1 aliphatic rings. The number of methoxy groups -OCH3 is 1. The minimum absolute atomic E-state index is 0.0000872. The van der Waals surface area contributed by atoms with Gasteiger partial charge < -0.3 is 14.6 Å². The van der Waals surface area contributed by atoms with Gasteiger partial charge in [0, 0.05) is 4.47 Å². The predicted octanol–water partition coefficient (Wildman–Crippen LogP) is 3.75. The van der Waals surface area contributed by atoms with Crippen molar-refractivity contribution in [2.45, 2.75) is 44.6 Å². The maximum Gasteiger partial charge on any atom is 0.314 e. The second kappa shape index (κ2) is 5.64. The van der Waals surface area contributed by atoms with Crippen molar-refractivity contribution in [3.63, 3.8) is 0 Å². The highest BCUT2D eigenvalue weighted by molar-refractivity contribution is 9.10. The Morgan fingerprint density at radius 3 is 2.40 bits per heavy atom. The average Bonchev–Trinajstić information content (AvgIpc) is 2.30. The van der Waals surface area contributed by atoms with Crippen LogP contribution in [0.15, 0.2) is 16.6 Å². The number of hydrogen-bond acceptors (Lipinski definition) is 3. The monoisotopic (exact) mass is 342 g/mol. The molecule has 0 aromatic heterocycles. The molecule has 1 aromatic rings. The van der Waals surface area contributed by atoms with Gasteiger partial charge in [-0.05, 0) is 44.4 Å². The zero-order valence-corrected chi connectivity index (χ0v) is 13.5. The summed E-state index contributed by atoms with van der Waals surface area (Å²) in [6, 6.07) is 3.59. The maximum atomic E-state index is 11.7. The third-order valence-corrected chi connectivity index (χ3v) is 4.40. The fourth-order valence-corrected chi connectivity index (χ4v) is 3.24. The molecule has 0 saturated heterocycles. The van der Waals surface area contributed by atoms with Crippen LogP contribution in [0, 0.1) is 0 Å². The Balaban J connectivity index is 2.51. The molecule has 5 heteroatoms.